The summed E-state index contributed by atoms with van der Waals surface area (Å²) in [7, 11) is 0. The fourth-order valence-corrected chi connectivity index (χ4v) is 2.74. The van der Waals surface area contributed by atoms with Crippen molar-refractivity contribution in [2.45, 2.75) is 44.4 Å². The maximum Gasteiger partial charge on any atom is 0.396 e. The molecule has 0 aliphatic heterocycles. The molecule has 1 fully saturated rings. The van der Waals surface area contributed by atoms with E-state index < -0.39 is 23.5 Å². The summed E-state index contributed by atoms with van der Waals surface area (Å²) in [5.41, 5.74) is 4.11. The van der Waals surface area contributed by atoms with Crippen molar-refractivity contribution in [3.63, 3.8) is 0 Å². The number of carbonyl (C=O) groups excluding carboxylic acids is 1. The van der Waals surface area contributed by atoms with Crippen molar-refractivity contribution >= 4 is 5.91 Å². The summed E-state index contributed by atoms with van der Waals surface area (Å²) in [5.74, 6) is -0.694. The Bertz CT molecular complexity index is 503. The Kier molecular flexibility index (Phi) is 4.27. The zero-order chi connectivity index (χ0) is 15.7. The van der Waals surface area contributed by atoms with Gasteiger partial charge in [0.25, 0.3) is 0 Å². The van der Waals surface area contributed by atoms with Crippen LogP contribution in [0.5, 0.6) is 0 Å². The predicted molar refractivity (Wildman–Crippen MR) is 73.3 cm³/mol. The molecule has 0 bridgehead atoms. The summed E-state index contributed by atoms with van der Waals surface area (Å²) in [6.07, 6.45) is -4.81. The number of nitrogens with one attached hydrogen (secondary N) is 1. The fourth-order valence-electron chi connectivity index (χ4n) is 2.74. The first kappa shape index (κ1) is 15.8. The van der Waals surface area contributed by atoms with Gasteiger partial charge >= 0.3 is 6.18 Å². The van der Waals surface area contributed by atoms with Gasteiger partial charge in [0.05, 0.1) is 5.41 Å². The van der Waals surface area contributed by atoms with Gasteiger partial charge in [-0.3, -0.25) is 4.79 Å². The largest absolute Gasteiger partial charge is 0.396 e. The van der Waals surface area contributed by atoms with Crippen LogP contribution in [-0.4, -0.2) is 18.1 Å². The van der Waals surface area contributed by atoms with Crippen molar-refractivity contribution in [3.05, 3.63) is 35.9 Å². The van der Waals surface area contributed by atoms with Gasteiger partial charge in [-0.05, 0) is 25.3 Å². The van der Waals surface area contributed by atoms with Crippen LogP contribution in [0.4, 0.5) is 13.2 Å². The molecule has 0 spiro atoms. The van der Waals surface area contributed by atoms with E-state index in [2.05, 4.69) is 5.32 Å². The third-order valence-corrected chi connectivity index (χ3v) is 4.21. The van der Waals surface area contributed by atoms with Crippen LogP contribution in [0.2, 0.25) is 0 Å². The predicted octanol–water partition coefficient (Wildman–Crippen LogP) is 2.92. The molecule has 0 radical (unpaired) electrons. The van der Waals surface area contributed by atoms with E-state index in [1.165, 1.54) is 0 Å². The monoisotopic (exact) mass is 300 g/mol. The second-order valence-electron chi connectivity index (χ2n) is 5.68. The number of rotatable bonds is 6. The van der Waals surface area contributed by atoms with Crippen LogP contribution in [0, 0.1) is 5.41 Å². The molecule has 116 valence electrons. The van der Waals surface area contributed by atoms with E-state index in [0.29, 0.717) is 0 Å². The van der Waals surface area contributed by atoms with Crippen molar-refractivity contribution in [2.24, 2.45) is 11.1 Å². The molecule has 1 aliphatic carbocycles. The van der Waals surface area contributed by atoms with Gasteiger partial charge in [-0.1, -0.05) is 30.3 Å². The zero-order valence-corrected chi connectivity index (χ0v) is 11.8. The number of nitrogens with two attached hydrogens (primary N) is 1. The first-order valence-electron chi connectivity index (χ1n) is 6.92. The minimum Gasteiger partial charge on any atom is -0.370 e. The first-order valence-corrected chi connectivity index (χ1v) is 6.92. The second-order valence-corrected chi connectivity index (χ2v) is 5.68. The molecule has 1 saturated carbocycles. The summed E-state index contributed by atoms with van der Waals surface area (Å²) in [4.78, 5) is 10.8. The molecular weight excluding hydrogens is 281 g/mol. The Hall–Kier alpha value is -1.56. The number of carbonyl (C=O) groups is 1. The average molecular weight is 300 g/mol. The number of halogens is 3. The molecule has 1 aliphatic rings. The van der Waals surface area contributed by atoms with Gasteiger partial charge in [0.2, 0.25) is 5.91 Å². The molecule has 3 N–H and O–H groups in total. The highest BCUT2D eigenvalue weighted by Gasteiger charge is 2.70. The summed E-state index contributed by atoms with van der Waals surface area (Å²) in [6.45, 7) is 1.84. The third kappa shape index (κ3) is 3.37. The molecular formula is C15H19F3N2O. The summed E-state index contributed by atoms with van der Waals surface area (Å²) in [5, 5.41) is 3.02. The van der Waals surface area contributed by atoms with Crippen molar-refractivity contribution < 1.29 is 18.0 Å². The van der Waals surface area contributed by atoms with Gasteiger partial charge in [0, 0.05) is 18.5 Å². The van der Waals surface area contributed by atoms with Crippen LogP contribution in [-0.2, 0) is 4.79 Å². The van der Waals surface area contributed by atoms with E-state index >= 15 is 0 Å². The quantitative estimate of drug-likeness (QED) is 0.848. The maximum absolute atomic E-state index is 13.3. The van der Waals surface area contributed by atoms with Crippen LogP contribution < -0.4 is 11.1 Å². The maximum atomic E-state index is 13.3. The molecule has 0 saturated heterocycles. The van der Waals surface area contributed by atoms with Crippen LogP contribution in [0.15, 0.2) is 30.3 Å². The number of amides is 1. The van der Waals surface area contributed by atoms with E-state index in [-0.39, 0.29) is 25.3 Å². The summed E-state index contributed by atoms with van der Waals surface area (Å²) in [6, 6.07) is 8.48. The van der Waals surface area contributed by atoms with Crippen LogP contribution in [0.25, 0.3) is 0 Å². The third-order valence-electron chi connectivity index (χ3n) is 4.21. The minimum atomic E-state index is -4.32. The lowest BCUT2D eigenvalue weighted by Gasteiger charge is -2.23. The van der Waals surface area contributed by atoms with Crippen LogP contribution >= 0.6 is 0 Å². The van der Waals surface area contributed by atoms with Gasteiger partial charge in [0.1, 0.15) is 0 Å². The van der Waals surface area contributed by atoms with Crippen molar-refractivity contribution in [2.75, 3.05) is 0 Å². The molecule has 21 heavy (non-hydrogen) atoms. The Morgan fingerprint density at radius 2 is 2.05 bits per heavy atom. The van der Waals surface area contributed by atoms with Gasteiger partial charge in [0.15, 0.2) is 0 Å². The molecule has 2 rings (SSSR count). The summed E-state index contributed by atoms with van der Waals surface area (Å²) < 4.78 is 39.8. The van der Waals surface area contributed by atoms with Crippen molar-refractivity contribution in [3.8, 4) is 0 Å². The van der Waals surface area contributed by atoms with E-state index in [9.17, 15) is 18.0 Å². The number of hydrogen-bond acceptors (Lipinski definition) is 2. The van der Waals surface area contributed by atoms with E-state index in [1.54, 1.807) is 0 Å². The molecule has 1 aromatic rings. The molecule has 1 amide bonds. The Morgan fingerprint density at radius 3 is 2.57 bits per heavy atom. The lowest BCUT2D eigenvalue weighted by Crippen LogP contribution is -2.35. The molecule has 6 heteroatoms. The fraction of sp³-hybridized carbons (Fsp3) is 0.533. The van der Waals surface area contributed by atoms with Crippen LogP contribution in [0.1, 0.15) is 37.8 Å². The SMILES string of the molecule is C[C@@H](N[C@@H]1C[C@@]1(CCC(N)=O)C(F)(F)F)c1ccccc1. The molecule has 3 nitrogen and oxygen atoms in total. The Balaban J connectivity index is 2.03. The van der Waals surface area contributed by atoms with Gasteiger partial charge in [-0.2, -0.15) is 13.2 Å². The number of benzene rings is 1. The van der Waals surface area contributed by atoms with E-state index in [4.69, 9.17) is 5.73 Å². The lowest BCUT2D eigenvalue weighted by atomic mass is 9.97. The van der Waals surface area contributed by atoms with Crippen LogP contribution in [0.3, 0.4) is 0 Å². The van der Waals surface area contributed by atoms with Gasteiger partial charge < -0.3 is 11.1 Å². The number of hydrogen-bond donors (Lipinski definition) is 2. The minimum absolute atomic E-state index is 0.000946. The molecule has 0 unspecified atom stereocenters. The highest BCUT2D eigenvalue weighted by Crippen LogP contribution is 2.61. The Labute approximate surface area is 121 Å². The summed E-state index contributed by atoms with van der Waals surface area (Å²) >= 11 is 0. The molecule has 3 atom stereocenters. The van der Waals surface area contributed by atoms with Crippen molar-refractivity contribution in [1.29, 1.82) is 0 Å². The van der Waals surface area contributed by atoms with Gasteiger partial charge in [-0.25, -0.2) is 0 Å². The first-order chi connectivity index (χ1) is 9.76. The smallest absolute Gasteiger partial charge is 0.370 e. The number of alkyl halides is 3. The number of primary amides is 1. The highest BCUT2D eigenvalue weighted by molar-refractivity contribution is 5.73. The molecule has 1 aromatic carbocycles. The lowest BCUT2D eigenvalue weighted by molar-refractivity contribution is -0.191. The topological polar surface area (TPSA) is 55.1 Å². The highest BCUT2D eigenvalue weighted by atomic mass is 19.4. The molecule has 0 heterocycles. The normalized spacial score (nSPS) is 26.4. The van der Waals surface area contributed by atoms with E-state index in [1.807, 2.05) is 37.3 Å². The standard InChI is InChI=1S/C15H19F3N2O/c1-10(11-5-3-2-4-6-11)20-12-9-14(12,15(16,17)18)8-7-13(19)21/h2-6,10,12,20H,7-9H2,1H3,(H2,19,21)/t10-,12-,14-/m1/s1. The molecule has 0 aromatic heterocycles. The average Bonchev–Trinajstić information content (AvgIpc) is 3.11. The zero-order valence-electron chi connectivity index (χ0n) is 11.8. The van der Waals surface area contributed by atoms with Crippen molar-refractivity contribution in [1.82, 2.24) is 5.32 Å². The Morgan fingerprint density at radius 1 is 1.43 bits per heavy atom. The van der Waals surface area contributed by atoms with Gasteiger partial charge in [-0.15, -0.1) is 0 Å². The van der Waals surface area contributed by atoms with E-state index in [0.717, 1.165) is 5.56 Å². The second kappa shape index (κ2) is 5.67.